The van der Waals surface area contributed by atoms with Gasteiger partial charge in [0, 0.05) is 0 Å². The van der Waals surface area contributed by atoms with Crippen molar-refractivity contribution in [2.75, 3.05) is 0 Å². The van der Waals surface area contributed by atoms with Crippen LogP contribution in [0.1, 0.15) is 11.1 Å². The number of rotatable bonds is 6. The quantitative estimate of drug-likeness (QED) is 0.308. The minimum absolute atomic E-state index is 0.0718. The third-order valence-corrected chi connectivity index (χ3v) is 6.11. The minimum atomic E-state index is -4.63. The van der Waals surface area contributed by atoms with Gasteiger partial charge in [-0.05, 0) is 35.4 Å². The van der Waals surface area contributed by atoms with Crippen LogP contribution in [0.25, 0.3) is 23.5 Å². The molecule has 0 spiro atoms. The van der Waals surface area contributed by atoms with E-state index in [2.05, 4.69) is 20.4 Å². The summed E-state index contributed by atoms with van der Waals surface area (Å²) < 4.78 is 66.9. The van der Waals surface area contributed by atoms with E-state index in [1.54, 1.807) is 0 Å². The second kappa shape index (κ2) is 8.08. The van der Waals surface area contributed by atoms with Gasteiger partial charge in [0.1, 0.15) is 9.79 Å². The van der Waals surface area contributed by atoms with Crippen molar-refractivity contribution in [3.8, 4) is 11.4 Å². The van der Waals surface area contributed by atoms with Crippen molar-refractivity contribution in [3.63, 3.8) is 0 Å². The second-order valence-electron chi connectivity index (χ2n) is 6.36. The van der Waals surface area contributed by atoms with Crippen molar-refractivity contribution in [2.45, 2.75) is 9.79 Å². The van der Waals surface area contributed by atoms with Crippen LogP contribution in [0.4, 0.5) is 0 Å². The van der Waals surface area contributed by atoms with E-state index >= 15 is 0 Å². The molecule has 12 nitrogen and oxygen atoms in total. The van der Waals surface area contributed by atoms with Crippen LogP contribution in [-0.2, 0) is 20.2 Å². The van der Waals surface area contributed by atoms with E-state index < -0.39 is 30.0 Å². The summed E-state index contributed by atoms with van der Waals surface area (Å²) in [6.45, 7) is 0. The van der Waals surface area contributed by atoms with Crippen LogP contribution in [0.2, 0.25) is 0 Å². The van der Waals surface area contributed by atoms with Crippen LogP contribution in [0, 0.1) is 0 Å². The second-order valence-corrected chi connectivity index (χ2v) is 9.14. The molecular formula is C18H14N6O6S2. The zero-order valence-electron chi connectivity index (χ0n) is 16.0. The van der Waals surface area contributed by atoms with E-state index in [0.717, 1.165) is 0 Å². The molecule has 4 rings (SSSR count). The van der Waals surface area contributed by atoms with Gasteiger partial charge in [-0.1, -0.05) is 24.3 Å². The number of hydrogen-bond acceptors (Lipinski definition) is 8. The zero-order valence-corrected chi connectivity index (χ0v) is 17.6. The Morgan fingerprint density at radius 1 is 0.625 bits per heavy atom. The van der Waals surface area contributed by atoms with Gasteiger partial charge in [-0.25, -0.2) is 0 Å². The summed E-state index contributed by atoms with van der Waals surface area (Å²) in [5.41, 5.74) is 0.717. The molecule has 0 saturated carbocycles. The molecule has 0 bridgehead atoms. The fraction of sp³-hybridized carbons (Fsp3) is 0. The lowest BCUT2D eigenvalue weighted by Gasteiger charge is -2.08. The summed E-state index contributed by atoms with van der Waals surface area (Å²) in [7, 11) is -9.27. The van der Waals surface area contributed by atoms with Gasteiger partial charge >= 0.3 is 0 Å². The molecular weight excluding hydrogens is 460 g/mol. The molecule has 164 valence electrons. The number of hydrogen-bond donors (Lipinski definition) is 2. The van der Waals surface area contributed by atoms with E-state index in [9.17, 15) is 25.9 Å². The molecule has 0 atom stereocenters. The van der Waals surface area contributed by atoms with Crippen molar-refractivity contribution in [1.29, 1.82) is 0 Å². The van der Waals surface area contributed by atoms with Gasteiger partial charge in [0.05, 0.1) is 36.2 Å². The molecule has 0 radical (unpaired) electrons. The van der Waals surface area contributed by atoms with Gasteiger partial charge in [0.15, 0.2) is 0 Å². The molecule has 0 amide bonds. The number of aromatic nitrogens is 6. The maximum atomic E-state index is 11.9. The van der Waals surface area contributed by atoms with Gasteiger partial charge in [-0.15, -0.1) is 0 Å². The molecule has 2 aromatic carbocycles. The first-order valence-corrected chi connectivity index (χ1v) is 11.7. The molecule has 32 heavy (non-hydrogen) atoms. The highest BCUT2D eigenvalue weighted by Crippen LogP contribution is 2.25. The number of benzene rings is 2. The predicted molar refractivity (Wildman–Crippen MR) is 111 cm³/mol. The van der Waals surface area contributed by atoms with Crippen LogP contribution in [-0.4, -0.2) is 55.9 Å². The summed E-state index contributed by atoms with van der Waals surface area (Å²) in [6, 6.07) is 8.17. The molecule has 4 aromatic rings. The molecule has 0 aliphatic carbocycles. The highest BCUT2D eigenvalue weighted by Gasteiger charge is 2.18. The van der Waals surface area contributed by atoms with Gasteiger partial charge in [-0.3, -0.25) is 9.11 Å². The van der Waals surface area contributed by atoms with E-state index in [0.29, 0.717) is 0 Å². The standard InChI is InChI=1S/C18H14N6O6S2/c25-31(26,27)17-11-15(23-19-7-8-20-23)5-3-13(17)1-2-14-4-6-16(24-21-9-10-22-24)12-18(14)32(28,29)30/h1-12H,(H,25,26,27)(H,28,29,30). The lowest BCUT2D eigenvalue weighted by atomic mass is 10.1. The molecule has 2 aromatic heterocycles. The van der Waals surface area contributed by atoms with Crippen molar-refractivity contribution >= 4 is 32.4 Å². The Hall–Kier alpha value is -3.72. The normalized spacial score (nSPS) is 12.4. The Morgan fingerprint density at radius 2 is 0.969 bits per heavy atom. The van der Waals surface area contributed by atoms with Crippen LogP contribution in [0.15, 0.2) is 71.0 Å². The average molecular weight is 474 g/mol. The van der Waals surface area contributed by atoms with E-state index in [4.69, 9.17) is 0 Å². The zero-order chi connectivity index (χ0) is 22.9. The third kappa shape index (κ3) is 4.47. The Morgan fingerprint density at radius 3 is 1.28 bits per heavy atom. The Balaban J connectivity index is 1.79. The van der Waals surface area contributed by atoms with Crippen LogP contribution in [0.3, 0.4) is 0 Å². The van der Waals surface area contributed by atoms with Crippen molar-refractivity contribution < 1.29 is 25.9 Å². The molecule has 0 aliphatic heterocycles. The van der Waals surface area contributed by atoms with Gasteiger partial charge in [0.2, 0.25) is 0 Å². The highest BCUT2D eigenvalue weighted by atomic mass is 32.2. The lowest BCUT2D eigenvalue weighted by molar-refractivity contribution is 0.480. The van der Waals surface area contributed by atoms with E-state index in [1.165, 1.54) is 82.9 Å². The van der Waals surface area contributed by atoms with Crippen LogP contribution < -0.4 is 0 Å². The fourth-order valence-electron chi connectivity index (χ4n) is 2.89. The first-order valence-electron chi connectivity index (χ1n) is 8.77. The minimum Gasteiger partial charge on any atom is -0.282 e. The third-order valence-electron chi connectivity index (χ3n) is 4.29. The van der Waals surface area contributed by atoms with Gasteiger partial charge in [-0.2, -0.15) is 46.8 Å². The van der Waals surface area contributed by atoms with E-state index in [1.807, 2.05) is 0 Å². The van der Waals surface area contributed by atoms with Crippen LogP contribution in [0.5, 0.6) is 0 Å². The summed E-state index contributed by atoms with van der Waals surface area (Å²) >= 11 is 0. The predicted octanol–water partition coefficient (Wildman–Crippen LogP) is 1.51. The first kappa shape index (κ1) is 21.5. The monoisotopic (exact) mass is 474 g/mol. The molecule has 2 heterocycles. The molecule has 0 aliphatic rings. The Labute approximate surface area is 181 Å². The SMILES string of the molecule is O=S(=O)(O)c1cc(-n2nccn2)ccc1C=Cc1ccc(-n2nccn2)cc1S(=O)(=O)O. The number of nitrogens with zero attached hydrogens (tertiary/aromatic N) is 6. The topological polar surface area (TPSA) is 170 Å². The molecule has 0 saturated heterocycles. The Bertz CT molecular complexity index is 1400. The maximum absolute atomic E-state index is 11.9. The fourth-order valence-corrected chi connectivity index (χ4v) is 4.30. The van der Waals surface area contributed by atoms with Crippen LogP contribution >= 0.6 is 0 Å². The maximum Gasteiger partial charge on any atom is 0.295 e. The largest absolute Gasteiger partial charge is 0.295 e. The summed E-state index contributed by atoms with van der Waals surface area (Å²) in [5, 5.41) is 15.6. The van der Waals surface area contributed by atoms with E-state index in [-0.39, 0.29) is 22.5 Å². The average Bonchev–Trinajstić information content (AvgIpc) is 3.45. The summed E-state index contributed by atoms with van der Waals surface area (Å²) in [4.78, 5) is 1.46. The first-order chi connectivity index (χ1) is 15.1. The smallest absolute Gasteiger partial charge is 0.282 e. The molecule has 0 unspecified atom stereocenters. The van der Waals surface area contributed by atoms with Gasteiger partial charge in [0.25, 0.3) is 20.2 Å². The molecule has 14 heteroatoms. The Kier molecular flexibility index (Phi) is 5.43. The van der Waals surface area contributed by atoms with Crippen molar-refractivity contribution in [2.24, 2.45) is 0 Å². The van der Waals surface area contributed by atoms with Crippen molar-refractivity contribution in [3.05, 3.63) is 72.3 Å². The summed E-state index contributed by atoms with van der Waals surface area (Å²) in [6.07, 6.45) is 8.19. The van der Waals surface area contributed by atoms with Gasteiger partial charge < -0.3 is 0 Å². The summed E-state index contributed by atoms with van der Waals surface area (Å²) in [5.74, 6) is 0. The highest BCUT2D eigenvalue weighted by molar-refractivity contribution is 7.86. The molecule has 0 fully saturated rings. The van der Waals surface area contributed by atoms with Crippen molar-refractivity contribution in [1.82, 2.24) is 30.0 Å². The lowest BCUT2D eigenvalue weighted by Crippen LogP contribution is -2.06. The molecule has 2 N–H and O–H groups in total.